The van der Waals surface area contributed by atoms with Crippen molar-refractivity contribution in [1.82, 2.24) is 0 Å². The number of hydrogen-bond acceptors (Lipinski definition) is 3. The Morgan fingerprint density at radius 1 is 1.14 bits per heavy atom. The molecule has 0 saturated heterocycles. The van der Waals surface area contributed by atoms with Crippen molar-refractivity contribution in [3.63, 3.8) is 0 Å². The molecule has 22 heavy (non-hydrogen) atoms. The predicted octanol–water partition coefficient (Wildman–Crippen LogP) is 3.90. The molecule has 0 fully saturated rings. The number of primary amides is 1. The number of hydrogen-bond donors (Lipinski definition) is 1. The number of unbranched alkanes of at least 4 members (excludes halogenated alkanes) is 1. The summed E-state index contributed by atoms with van der Waals surface area (Å²) in [7, 11) is 0. The van der Waals surface area contributed by atoms with Gasteiger partial charge in [-0.15, -0.1) is 0 Å². The van der Waals surface area contributed by atoms with Crippen molar-refractivity contribution in [3.8, 4) is 17.2 Å². The molecular weight excluding hydrogens is 285 g/mol. The van der Waals surface area contributed by atoms with Crippen molar-refractivity contribution < 1.29 is 18.7 Å². The minimum atomic E-state index is -0.660. The topological polar surface area (TPSA) is 61.5 Å². The number of carbonyl (C=O) groups excluding carboxylic acids is 1. The highest BCUT2D eigenvalue weighted by molar-refractivity contribution is 5.96. The van der Waals surface area contributed by atoms with Gasteiger partial charge in [-0.25, -0.2) is 4.39 Å². The first kappa shape index (κ1) is 15.8. The Balaban J connectivity index is 2.37. The smallest absolute Gasteiger partial charge is 0.252 e. The van der Waals surface area contributed by atoms with Crippen LogP contribution in [0.1, 0.15) is 30.1 Å². The number of halogens is 1. The molecule has 0 saturated carbocycles. The molecule has 1 amide bonds. The molecule has 4 nitrogen and oxygen atoms in total. The van der Waals surface area contributed by atoms with Gasteiger partial charge in [0.05, 0.1) is 12.2 Å². The first-order valence-corrected chi connectivity index (χ1v) is 7.11. The second-order valence-corrected chi connectivity index (χ2v) is 4.73. The highest BCUT2D eigenvalue weighted by Crippen LogP contribution is 2.36. The lowest BCUT2D eigenvalue weighted by molar-refractivity contribution is 0.0997. The third-order valence-corrected chi connectivity index (χ3v) is 3.05. The first-order chi connectivity index (χ1) is 10.6. The Hall–Kier alpha value is -2.56. The lowest BCUT2D eigenvalue weighted by atomic mass is 10.1. The zero-order valence-electron chi connectivity index (χ0n) is 12.3. The number of rotatable bonds is 7. The standard InChI is InChI=1S/C17H18FNO3/c1-2-3-11-21-15-10-6-7-12(17(19)20)16(15)22-14-9-5-4-8-13(14)18/h4-10H,2-3,11H2,1H3,(H2,19,20). The van der Waals surface area contributed by atoms with Gasteiger partial charge in [0.15, 0.2) is 23.1 Å². The molecule has 2 N–H and O–H groups in total. The number of para-hydroxylation sites is 2. The average Bonchev–Trinajstić information content (AvgIpc) is 2.50. The maximum atomic E-state index is 13.8. The molecule has 0 aliphatic heterocycles. The Morgan fingerprint density at radius 2 is 1.86 bits per heavy atom. The third kappa shape index (κ3) is 3.75. The monoisotopic (exact) mass is 303 g/mol. The number of nitrogens with two attached hydrogens (primary N) is 1. The van der Waals surface area contributed by atoms with Gasteiger partial charge < -0.3 is 15.2 Å². The Kier molecular flexibility index (Phi) is 5.36. The van der Waals surface area contributed by atoms with Crippen molar-refractivity contribution in [2.75, 3.05) is 6.61 Å². The highest BCUT2D eigenvalue weighted by atomic mass is 19.1. The summed E-state index contributed by atoms with van der Waals surface area (Å²) in [5, 5.41) is 0. The van der Waals surface area contributed by atoms with Gasteiger partial charge in [-0.3, -0.25) is 4.79 Å². The highest BCUT2D eigenvalue weighted by Gasteiger charge is 2.17. The molecule has 2 aromatic carbocycles. The van der Waals surface area contributed by atoms with Crippen LogP contribution in [0.15, 0.2) is 42.5 Å². The normalized spacial score (nSPS) is 10.3. The van der Waals surface area contributed by atoms with Crippen LogP contribution in [0, 0.1) is 5.82 Å². The summed E-state index contributed by atoms with van der Waals surface area (Å²) in [5.74, 6) is -0.672. The molecule has 116 valence electrons. The fraction of sp³-hybridized carbons (Fsp3) is 0.235. The Morgan fingerprint density at radius 3 is 2.55 bits per heavy atom. The first-order valence-electron chi connectivity index (χ1n) is 7.11. The minimum Gasteiger partial charge on any atom is -0.490 e. The summed E-state index contributed by atoms with van der Waals surface area (Å²) in [4.78, 5) is 11.6. The van der Waals surface area contributed by atoms with E-state index >= 15 is 0 Å². The lowest BCUT2D eigenvalue weighted by Gasteiger charge is -2.15. The molecule has 2 rings (SSSR count). The van der Waals surface area contributed by atoms with Gasteiger partial charge >= 0.3 is 0 Å². The van der Waals surface area contributed by atoms with Crippen LogP contribution >= 0.6 is 0 Å². The maximum Gasteiger partial charge on any atom is 0.252 e. The fourth-order valence-electron chi connectivity index (χ4n) is 1.89. The summed E-state index contributed by atoms with van der Waals surface area (Å²) in [6.07, 6.45) is 1.83. The maximum absolute atomic E-state index is 13.8. The van der Waals surface area contributed by atoms with Crippen LogP contribution in [-0.2, 0) is 0 Å². The molecular formula is C17H18FNO3. The van der Waals surface area contributed by atoms with E-state index in [1.807, 2.05) is 6.92 Å². The Labute approximate surface area is 128 Å². The number of amides is 1. The quantitative estimate of drug-likeness (QED) is 0.789. The van der Waals surface area contributed by atoms with E-state index in [4.69, 9.17) is 15.2 Å². The molecule has 0 unspecified atom stereocenters. The molecule has 2 aromatic rings. The van der Waals surface area contributed by atoms with Crippen molar-refractivity contribution in [2.45, 2.75) is 19.8 Å². The molecule has 0 aliphatic rings. The van der Waals surface area contributed by atoms with Crippen LogP contribution in [0.2, 0.25) is 0 Å². The van der Waals surface area contributed by atoms with Gasteiger partial charge in [0.2, 0.25) is 0 Å². The van der Waals surface area contributed by atoms with Gasteiger partial charge in [-0.2, -0.15) is 0 Å². The summed E-state index contributed by atoms with van der Waals surface area (Å²) < 4.78 is 25.0. The van der Waals surface area contributed by atoms with Crippen molar-refractivity contribution in [1.29, 1.82) is 0 Å². The van der Waals surface area contributed by atoms with E-state index in [9.17, 15) is 9.18 Å². The average molecular weight is 303 g/mol. The molecule has 0 heterocycles. The van der Waals surface area contributed by atoms with E-state index in [2.05, 4.69) is 0 Å². The van der Waals surface area contributed by atoms with Gasteiger partial charge in [0, 0.05) is 0 Å². The van der Waals surface area contributed by atoms with E-state index in [-0.39, 0.29) is 17.1 Å². The van der Waals surface area contributed by atoms with Crippen LogP contribution in [0.3, 0.4) is 0 Å². The van der Waals surface area contributed by atoms with Gasteiger partial charge in [0.1, 0.15) is 0 Å². The van der Waals surface area contributed by atoms with Gasteiger partial charge in [-0.1, -0.05) is 31.5 Å². The zero-order valence-corrected chi connectivity index (χ0v) is 12.3. The van der Waals surface area contributed by atoms with E-state index in [0.29, 0.717) is 12.4 Å². The van der Waals surface area contributed by atoms with E-state index in [0.717, 1.165) is 12.8 Å². The Bertz CT molecular complexity index is 658. The molecule has 0 spiro atoms. The second-order valence-electron chi connectivity index (χ2n) is 4.73. The second kappa shape index (κ2) is 7.45. The summed E-state index contributed by atoms with van der Waals surface area (Å²) in [6, 6.07) is 10.8. The number of carbonyl (C=O) groups is 1. The van der Waals surface area contributed by atoms with Crippen molar-refractivity contribution in [2.24, 2.45) is 5.73 Å². The molecule has 0 bridgehead atoms. The van der Waals surface area contributed by atoms with Crippen LogP contribution in [0.25, 0.3) is 0 Å². The zero-order chi connectivity index (χ0) is 15.9. The molecule has 0 aromatic heterocycles. The SMILES string of the molecule is CCCCOc1cccc(C(N)=O)c1Oc1ccccc1F. The van der Waals surface area contributed by atoms with E-state index < -0.39 is 11.7 Å². The van der Waals surface area contributed by atoms with Crippen molar-refractivity contribution in [3.05, 3.63) is 53.8 Å². The van der Waals surface area contributed by atoms with E-state index in [1.54, 1.807) is 24.3 Å². The molecule has 5 heteroatoms. The molecule has 0 atom stereocenters. The van der Waals surface area contributed by atoms with E-state index in [1.165, 1.54) is 18.2 Å². The summed E-state index contributed by atoms with van der Waals surface area (Å²) in [5.41, 5.74) is 5.51. The van der Waals surface area contributed by atoms with Crippen LogP contribution in [0.4, 0.5) is 4.39 Å². The van der Waals surface area contributed by atoms with Crippen LogP contribution in [-0.4, -0.2) is 12.5 Å². The van der Waals surface area contributed by atoms with Crippen molar-refractivity contribution >= 4 is 5.91 Å². The number of benzene rings is 2. The molecule has 0 aliphatic carbocycles. The summed E-state index contributed by atoms with van der Waals surface area (Å²) in [6.45, 7) is 2.52. The van der Waals surface area contributed by atoms with Crippen LogP contribution < -0.4 is 15.2 Å². The fourth-order valence-corrected chi connectivity index (χ4v) is 1.89. The third-order valence-electron chi connectivity index (χ3n) is 3.05. The van der Waals surface area contributed by atoms with Gasteiger partial charge in [-0.05, 0) is 30.7 Å². The predicted molar refractivity (Wildman–Crippen MR) is 81.8 cm³/mol. The molecule has 0 radical (unpaired) electrons. The number of ether oxygens (including phenoxy) is 2. The van der Waals surface area contributed by atoms with Crippen LogP contribution in [0.5, 0.6) is 17.2 Å². The largest absolute Gasteiger partial charge is 0.490 e. The lowest BCUT2D eigenvalue weighted by Crippen LogP contribution is -2.13. The van der Waals surface area contributed by atoms with Gasteiger partial charge in [0.25, 0.3) is 5.91 Å². The minimum absolute atomic E-state index is 0.0107. The summed E-state index contributed by atoms with van der Waals surface area (Å²) >= 11 is 0.